The average molecular weight is 340 g/mol. The van der Waals surface area contributed by atoms with Crippen molar-refractivity contribution in [1.29, 1.82) is 0 Å². The van der Waals surface area contributed by atoms with E-state index in [1.165, 1.54) is 12.0 Å². The fraction of sp³-hybridized carbons (Fsp3) is 0.562. The van der Waals surface area contributed by atoms with Crippen molar-refractivity contribution in [3.8, 4) is 0 Å². The van der Waals surface area contributed by atoms with E-state index in [9.17, 15) is 4.79 Å². The van der Waals surface area contributed by atoms with Crippen LogP contribution in [0.2, 0.25) is 0 Å². The maximum atomic E-state index is 11.0. The molecule has 0 radical (unpaired) electrons. The zero-order chi connectivity index (χ0) is 14.9. The van der Waals surface area contributed by atoms with E-state index in [0.717, 1.165) is 23.1 Å². The van der Waals surface area contributed by atoms with Crippen LogP contribution in [-0.2, 0) is 10.2 Å². The van der Waals surface area contributed by atoms with Gasteiger partial charge in [-0.05, 0) is 43.1 Å². The number of halogens is 1. The second-order valence-electron chi connectivity index (χ2n) is 6.44. The number of hydrogen-bond acceptors (Lipinski definition) is 2. The predicted molar refractivity (Wildman–Crippen MR) is 84.3 cm³/mol. The summed E-state index contributed by atoms with van der Waals surface area (Å²) in [6, 6.07) is 6.34. The van der Waals surface area contributed by atoms with Gasteiger partial charge >= 0.3 is 5.97 Å². The SMILES string of the molecule is CN1CCC(c2ccc(C(C)(C)CC(=O)O)cc2Br)C1. The number of carboxylic acid groups (broad SMARTS) is 1. The van der Waals surface area contributed by atoms with Gasteiger partial charge in [-0.15, -0.1) is 0 Å². The topological polar surface area (TPSA) is 40.5 Å². The van der Waals surface area contributed by atoms with Gasteiger partial charge in [0.2, 0.25) is 0 Å². The molecule has 0 amide bonds. The van der Waals surface area contributed by atoms with E-state index in [2.05, 4.69) is 46.1 Å². The van der Waals surface area contributed by atoms with E-state index in [1.807, 2.05) is 13.8 Å². The summed E-state index contributed by atoms with van der Waals surface area (Å²) in [6.07, 6.45) is 1.33. The summed E-state index contributed by atoms with van der Waals surface area (Å²) < 4.78 is 1.11. The summed E-state index contributed by atoms with van der Waals surface area (Å²) in [5, 5.41) is 9.02. The van der Waals surface area contributed by atoms with Crippen molar-refractivity contribution >= 4 is 21.9 Å². The number of carbonyl (C=O) groups is 1. The van der Waals surface area contributed by atoms with Gasteiger partial charge in [0.15, 0.2) is 0 Å². The third kappa shape index (κ3) is 3.41. The van der Waals surface area contributed by atoms with Crippen LogP contribution in [0, 0.1) is 0 Å². The summed E-state index contributed by atoms with van der Waals surface area (Å²) >= 11 is 3.67. The van der Waals surface area contributed by atoms with E-state index in [0.29, 0.717) is 5.92 Å². The molecule has 0 bridgehead atoms. The highest BCUT2D eigenvalue weighted by molar-refractivity contribution is 9.10. The Bertz CT molecular complexity index is 513. The molecule has 0 aliphatic carbocycles. The molecule has 1 aliphatic heterocycles. The number of aliphatic carboxylic acids is 1. The van der Waals surface area contributed by atoms with Gasteiger partial charge in [0, 0.05) is 16.4 Å². The Balaban J connectivity index is 2.23. The van der Waals surface area contributed by atoms with Crippen molar-refractivity contribution in [3.05, 3.63) is 33.8 Å². The molecule has 4 heteroatoms. The molecule has 20 heavy (non-hydrogen) atoms. The third-order valence-corrected chi connectivity index (χ3v) is 4.89. The number of likely N-dealkylation sites (tertiary alicyclic amines) is 1. The molecule has 1 aromatic rings. The second-order valence-corrected chi connectivity index (χ2v) is 7.29. The number of likely N-dealkylation sites (N-methyl/N-ethyl adjacent to an activating group) is 1. The largest absolute Gasteiger partial charge is 0.481 e. The van der Waals surface area contributed by atoms with Crippen molar-refractivity contribution < 1.29 is 9.90 Å². The lowest BCUT2D eigenvalue weighted by Gasteiger charge is -2.24. The number of hydrogen-bond donors (Lipinski definition) is 1. The lowest BCUT2D eigenvalue weighted by atomic mass is 9.81. The molecule has 1 heterocycles. The monoisotopic (exact) mass is 339 g/mol. The van der Waals surface area contributed by atoms with Crippen LogP contribution >= 0.6 is 15.9 Å². The minimum atomic E-state index is -0.757. The molecule has 0 saturated carbocycles. The Morgan fingerprint density at radius 2 is 2.20 bits per heavy atom. The number of rotatable bonds is 4. The zero-order valence-corrected chi connectivity index (χ0v) is 13.9. The van der Waals surface area contributed by atoms with Crippen molar-refractivity contribution in [2.24, 2.45) is 0 Å². The summed E-state index contributed by atoms with van der Waals surface area (Å²) in [7, 11) is 2.15. The van der Waals surface area contributed by atoms with Crippen molar-refractivity contribution in [1.82, 2.24) is 4.90 Å². The molecule has 1 aliphatic rings. The van der Waals surface area contributed by atoms with E-state index >= 15 is 0 Å². The van der Waals surface area contributed by atoms with Gasteiger partial charge in [-0.2, -0.15) is 0 Å². The Morgan fingerprint density at radius 1 is 1.50 bits per heavy atom. The molecule has 0 aromatic heterocycles. The molecule has 1 saturated heterocycles. The lowest BCUT2D eigenvalue weighted by molar-refractivity contribution is -0.138. The standard InChI is InChI=1S/C16H22BrNO2/c1-16(2,9-15(19)20)12-4-5-13(14(17)8-12)11-6-7-18(3)10-11/h4-5,8,11H,6-7,9-10H2,1-3H3,(H,19,20). The van der Waals surface area contributed by atoms with Gasteiger partial charge in [-0.3, -0.25) is 4.79 Å². The van der Waals surface area contributed by atoms with Crippen LogP contribution < -0.4 is 0 Å². The minimum absolute atomic E-state index is 0.144. The zero-order valence-electron chi connectivity index (χ0n) is 12.3. The lowest BCUT2D eigenvalue weighted by Crippen LogP contribution is -2.22. The van der Waals surface area contributed by atoms with E-state index in [1.54, 1.807) is 0 Å². The fourth-order valence-electron chi connectivity index (χ4n) is 2.95. The van der Waals surface area contributed by atoms with Crippen molar-refractivity contribution in [2.75, 3.05) is 20.1 Å². The highest BCUT2D eigenvalue weighted by atomic mass is 79.9. The van der Waals surface area contributed by atoms with Crippen LogP contribution in [0.3, 0.4) is 0 Å². The fourth-order valence-corrected chi connectivity index (χ4v) is 3.65. The highest BCUT2D eigenvalue weighted by Gasteiger charge is 2.27. The summed E-state index contributed by atoms with van der Waals surface area (Å²) in [5.74, 6) is -0.182. The first kappa shape index (κ1) is 15.5. The molecular weight excluding hydrogens is 318 g/mol. The van der Waals surface area contributed by atoms with Gasteiger partial charge in [0.05, 0.1) is 6.42 Å². The quantitative estimate of drug-likeness (QED) is 0.910. The molecule has 1 aromatic carbocycles. The second kappa shape index (κ2) is 5.86. The molecular formula is C16H22BrNO2. The molecule has 3 nitrogen and oxygen atoms in total. The van der Waals surface area contributed by atoms with Gasteiger partial charge in [-0.1, -0.05) is 41.9 Å². The Hall–Kier alpha value is -0.870. The molecule has 1 atom stereocenters. The maximum absolute atomic E-state index is 11.0. The smallest absolute Gasteiger partial charge is 0.304 e. The van der Waals surface area contributed by atoms with Crippen LogP contribution in [0.4, 0.5) is 0 Å². The highest BCUT2D eigenvalue weighted by Crippen LogP contribution is 2.36. The molecule has 0 spiro atoms. The number of nitrogens with zero attached hydrogens (tertiary/aromatic N) is 1. The van der Waals surface area contributed by atoms with Crippen LogP contribution in [0.15, 0.2) is 22.7 Å². The number of carboxylic acids is 1. The summed E-state index contributed by atoms with van der Waals surface area (Å²) in [4.78, 5) is 13.3. The van der Waals surface area contributed by atoms with Crippen LogP contribution in [0.5, 0.6) is 0 Å². The first-order chi connectivity index (χ1) is 9.29. The Morgan fingerprint density at radius 3 is 2.70 bits per heavy atom. The predicted octanol–water partition coefficient (Wildman–Crippen LogP) is 3.62. The average Bonchev–Trinajstić information content (AvgIpc) is 2.73. The van der Waals surface area contributed by atoms with Crippen LogP contribution in [0.25, 0.3) is 0 Å². The van der Waals surface area contributed by atoms with Crippen molar-refractivity contribution in [2.45, 2.75) is 38.0 Å². The van der Waals surface area contributed by atoms with Gasteiger partial charge in [0.25, 0.3) is 0 Å². The minimum Gasteiger partial charge on any atom is -0.481 e. The van der Waals surface area contributed by atoms with Crippen LogP contribution in [-0.4, -0.2) is 36.1 Å². The molecule has 1 unspecified atom stereocenters. The van der Waals surface area contributed by atoms with Gasteiger partial charge in [-0.25, -0.2) is 0 Å². The first-order valence-electron chi connectivity index (χ1n) is 7.00. The van der Waals surface area contributed by atoms with E-state index in [-0.39, 0.29) is 11.8 Å². The van der Waals surface area contributed by atoms with Gasteiger partial charge < -0.3 is 10.0 Å². The summed E-state index contributed by atoms with van der Waals surface area (Å²) in [5.41, 5.74) is 2.06. The van der Waals surface area contributed by atoms with E-state index in [4.69, 9.17) is 5.11 Å². The third-order valence-electron chi connectivity index (χ3n) is 4.21. The first-order valence-corrected chi connectivity index (χ1v) is 7.79. The molecule has 2 rings (SSSR count). The number of benzene rings is 1. The van der Waals surface area contributed by atoms with Crippen molar-refractivity contribution in [3.63, 3.8) is 0 Å². The molecule has 1 fully saturated rings. The maximum Gasteiger partial charge on any atom is 0.304 e. The van der Waals surface area contributed by atoms with E-state index < -0.39 is 5.97 Å². The van der Waals surface area contributed by atoms with Gasteiger partial charge in [0.1, 0.15) is 0 Å². The van der Waals surface area contributed by atoms with Crippen LogP contribution in [0.1, 0.15) is 43.7 Å². The normalized spacial score (nSPS) is 20.3. The Labute approximate surface area is 129 Å². The molecule has 110 valence electrons. The molecule has 1 N–H and O–H groups in total. The summed E-state index contributed by atoms with van der Waals surface area (Å²) in [6.45, 7) is 6.19. The Kier molecular flexibility index (Phi) is 4.55.